The van der Waals surface area contributed by atoms with E-state index < -0.39 is 23.3 Å². The molecule has 21 heavy (non-hydrogen) atoms. The summed E-state index contributed by atoms with van der Waals surface area (Å²) in [7, 11) is 0. The van der Waals surface area contributed by atoms with Gasteiger partial charge in [-0.25, -0.2) is 4.39 Å². The number of alkyl halides is 3. The number of nitrogens with one attached hydrogen (secondary N) is 1. The molecular formula is C14H17F4NO2. The molecule has 2 rings (SSSR count). The van der Waals surface area contributed by atoms with Gasteiger partial charge in [-0.2, -0.15) is 13.2 Å². The third-order valence-corrected chi connectivity index (χ3v) is 3.13. The van der Waals surface area contributed by atoms with E-state index in [1.54, 1.807) is 13.8 Å². The molecule has 1 aromatic carbocycles. The molecule has 1 aromatic rings. The highest BCUT2D eigenvalue weighted by molar-refractivity contribution is 5.30. The van der Waals surface area contributed by atoms with Gasteiger partial charge in [0, 0.05) is 13.1 Å². The molecule has 0 amide bonds. The SMILES string of the molecule is CC1(C)OCC(CNCc2ccc(F)cc2C(F)(F)F)O1. The Bertz CT molecular complexity index is 502. The van der Waals surface area contributed by atoms with Crippen molar-refractivity contribution < 1.29 is 27.0 Å². The van der Waals surface area contributed by atoms with Gasteiger partial charge < -0.3 is 14.8 Å². The topological polar surface area (TPSA) is 30.5 Å². The fourth-order valence-corrected chi connectivity index (χ4v) is 2.20. The van der Waals surface area contributed by atoms with E-state index >= 15 is 0 Å². The van der Waals surface area contributed by atoms with Crippen LogP contribution in [0.5, 0.6) is 0 Å². The highest BCUT2D eigenvalue weighted by Gasteiger charge is 2.34. The van der Waals surface area contributed by atoms with Crippen molar-refractivity contribution in [3.05, 3.63) is 35.1 Å². The molecule has 0 radical (unpaired) electrons. The van der Waals surface area contributed by atoms with E-state index in [9.17, 15) is 17.6 Å². The second-order valence-electron chi connectivity index (χ2n) is 5.38. The normalized spacial score (nSPS) is 21.7. The zero-order chi connectivity index (χ0) is 15.7. The van der Waals surface area contributed by atoms with Gasteiger partial charge in [-0.1, -0.05) is 6.07 Å². The second kappa shape index (κ2) is 5.90. The molecule has 1 heterocycles. The molecule has 1 atom stereocenters. The summed E-state index contributed by atoms with van der Waals surface area (Å²) in [6.07, 6.45) is -4.79. The largest absolute Gasteiger partial charge is 0.416 e. The van der Waals surface area contributed by atoms with Crippen LogP contribution < -0.4 is 5.32 Å². The molecule has 1 aliphatic heterocycles. The van der Waals surface area contributed by atoms with Crippen LogP contribution in [0.1, 0.15) is 25.0 Å². The van der Waals surface area contributed by atoms with Crippen LogP contribution in [0.15, 0.2) is 18.2 Å². The number of rotatable bonds is 4. The van der Waals surface area contributed by atoms with E-state index in [0.717, 1.165) is 12.1 Å². The molecule has 0 bridgehead atoms. The van der Waals surface area contributed by atoms with Crippen LogP contribution in [-0.2, 0) is 22.2 Å². The van der Waals surface area contributed by atoms with Crippen molar-refractivity contribution in [3.8, 4) is 0 Å². The van der Waals surface area contributed by atoms with Crippen LogP contribution in [0.4, 0.5) is 17.6 Å². The predicted octanol–water partition coefficient (Wildman–Crippen LogP) is 3.09. The zero-order valence-corrected chi connectivity index (χ0v) is 11.8. The van der Waals surface area contributed by atoms with Crippen LogP contribution in [-0.4, -0.2) is 25.0 Å². The fourth-order valence-electron chi connectivity index (χ4n) is 2.20. The van der Waals surface area contributed by atoms with Crippen LogP contribution in [0.3, 0.4) is 0 Å². The van der Waals surface area contributed by atoms with Gasteiger partial charge in [-0.15, -0.1) is 0 Å². The molecule has 1 N–H and O–H groups in total. The molecule has 1 saturated heterocycles. The maximum absolute atomic E-state index is 13.0. The van der Waals surface area contributed by atoms with Crippen molar-refractivity contribution in [3.63, 3.8) is 0 Å². The summed E-state index contributed by atoms with van der Waals surface area (Å²) in [5.74, 6) is -1.57. The van der Waals surface area contributed by atoms with Crippen molar-refractivity contribution in [1.82, 2.24) is 5.32 Å². The number of hydrogen-bond acceptors (Lipinski definition) is 3. The molecule has 3 nitrogen and oxygen atoms in total. The third kappa shape index (κ3) is 4.39. The molecule has 118 valence electrons. The van der Waals surface area contributed by atoms with E-state index in [1.165, 1.54) is 0 Å². The van der Waals surface area contributed by atoms with Gasteiger partial charge in [0.05, 0.1) is 18.3 Å². The molecule has 0 spiro atoms. The fraction of sp³-hybridized carbons (Fsp3) is 0.571. The summed E-state index contributed by atoms with van der Waals surface area (Å²) in [6, 6.07) is 2.67. The van der Waals surface area contributed by atoms with E-state index in [1.807, 2.05) is 0 Å². The van der Waals surface area contributed by atoms with Crippen molar-refractivity contribution in [1.29, 1.82) is 0 Å². The van der Waals surface area contributed by atoms with Crippen molar-refractivity contribution in [2.45, 2.75) is 38.5 Å². The van der Waals surface area contributed by atoms with E-state index in [0.29, 0.717) is 19.2 Å². The first-order valence-electron chi connectivity index (χ1n) is 6.55. The zero-order valence-electron chi connectivity index (χ0n) is 11.8. The molecule has 0 saturated carbocycles. The monoisotopic (exact) mass is 307 g/mol. The molecule has 1 aliphatic rings. The van der Waals surface area contributed by atoms with Gasteiger partial charge in [0.1, 0.15) is 5.82 Å². The van der Waals surface area contributed by atoms with Gasteiger partial charge in [0.15, 0.2) is 5.79 Å². The van der Waals surface area contributed by atoms with E-state index in [2.05, 4.69) is 5.32 Å². The highest BCUT2D eigenvalue weighted by Crippen LogP contribution is 2.32. The summed E-state index contributed by atoms with van der Waals surface area (Å²) in [5, 5.41) is 2.89. The van der Waals surface area contributed by atoms with Crippen LogP contribution >= 0.6 is 0 Å². The average molecular weight is 307 g/mol. The first kappa shape index (κ1) is 16.2. The number of ether oxygens (including phenoxy) is 2. The first-order chi connectivity index (χ1) is 9.67. The van der Waals surface area contributed by atoms with Crippen LogP contribution in [0.25, 0.3) is 0 Å². The smallest absolute Gasteiger partial charge is 0.348 e. The minimum absolute atomic E-state index is 0.00192. The quantitative estimate of drug-likeness (QED) is 0.867. The molecule has 0 aromatic heterocycles. The third-order valence-electron chi connectivity index (χ3n) is 3.13. The number of hydrogen-bond donors (Lipinski definition) is 1. The summed E-state index contributed by atoms with van der Waals surface area (Å²) >= 11 is 0. The predicted molar refractivity (Wildman–Crippen MR) is 68.0 cm³/mol. The Labute approximate surface area is 120 Å². The molecule has 0 aliphatic carbocycles. The Balaban J connectivity index is 1.95. The highest BCUT2D eigenvalue weighted by atomic mass is 19.4. The molecule has 7 heteroatoms. The van der Waals surface area contributed by atoms with Gasteiger partial charge in [0.2, 0.25) is 0 Å². The van der Waals surface area contributed by atoms with Gasteiger partial charge in [0.25, 0.3) is 0 Å². The Morgan fingerprint density at radius 3 is 2.62 bits per heavy atom. The van der Waals surface area contributed by atoms with Crippen molar-refractivity contribution in [2.75, 3.05) is 13.2 Å². The lowest BCUT2D eigenvalue weighted by molar-refractivity contribution is -0.138. The van der Waals surface area contributed by atoms with Gasteiger partial charge in [-0.3, -0.25) is 0 Å². The minimum atomic E-state index is -4.58. The Morgan fingerprint density at radius 1 is 1.33 bits per heavy atom. The molecule has 1 fully saturated rings. The summed E-state index contributed by atoms with van der Waals surface area (Å²) in [4.78, 5) is 0. The molecular weight excluding hydrogens is 290 g/mol. The standard InChI is InChI=1S/C14H17F4NO2/c1-13(2)20-8-11(21-13)7-19-6-9-3-4-10(15)5-12(9)14(16,17)18/h3-5,11,19H,6-8H2,1-2H3. The summed E-state index contributed by atoms with van der Waals surface area (Å²) in [6.45, 7) is 4.27. The lowest BCUT2D eigenvalue weighted by Crippen LogP contribution is -2.30. The van der Waals surface area contributed by atoms with E-state index in [-0.39, 0.29) is 18.2 Å². The second-order valence-corrected chi connectivity index (χ2v) is 5.38. The maximum Gasteiger partial charge on any atom is 0.416 e. The number of halogens is 4. The van der Waals surface area contributed by atoms with Crippen LogP contribution in [0, 0.1) is 5.82 Å². The minimum Gasteiger partial charge on any atom is -0.348 e. The van der Waals surface area contributed by atoms with Gasteiger partial charge >= 0.3 is 6.18 Å². The Kier molecular flexibility index (Phi) is 4.55. The van der Waals surface area contributed by atoms with E-state index in [4.69, 9.17) is 9.47 Å². The van der Waals surface area contributed by atoms with Gasteiger partial charge in [-0.05, 0) is 31.5 Å². The molecule has 1 unspecified atom stereocenters. The lowest BCUT2D eigenvalue weighted by atomic mass is 10.1. The van der Waals surface area contributed by atoms with Crippen LogP contribution in [0.2, 0.25) is 0 Å². The lowest BCUT2D eigenvalue weighted by Gasteiger charge is -2.18. The maximum atomic E-state index is 13.0. The Hall–Kier alpha value is -1.18. The summed E-state index contributed by atoms with van der Waals surface area (Å²) < 4.78 is 62.3. The average Bonchev–Trinajstić information content (AvgIpc) is 2.69. The first-order valence-corrected chi connectivity index (χ1v) is 6.55. The van der Waals surface area contributed by atoms with Crippen molar-refractivity contribution >= 4 is 0 Å². The Morgan fingerprint density at radius 2 is 2.05 bits per heavy atom. The number of benzene rings is 1. The summed E-state index contributed by atoms with van der Waals surface area (Å²) in [5.41, 5.74) is -0.957. The van der Waals surface area contributed by atoms with Crippen molar-refractivity contribution in [2.24, 2.45) is 0 Å².